The van der Waals surface area contributed by atoms with Crippen LogP contribution in [0.5, 0.6) is 0 Å². The molecule has 2 rings (SSSR count). The van der Waals surface area contributed by atoms with Crippen LogP contribution in [0.15, 0.2) is 12.2 Å². The van der Waals surface area contributed by atoms with Crippen LogP contribution in [0.2, 0.25) is 0 Å². The summed E-state index contributed by atoms with van der Waals surface area (Å²) in [6, 6.07) is 0. The highest BCUT2D eigenvalue weighted by Crippen LogP contribution is 2.30. The predicted octanol–water partition coefficient (Wildman–Crippen LogP) is 0.0904. The predicted molar refractivity (Wildman–Crippen MR) is 44.8 cm³/mol. The number of carbonyl (C=O) groups excluding carboxylic acids is 2. The number of hydrogen-bond donors (Lipinski definition) is 0. The standard InChI is InChI=1S/C9H11NO3/c1-9(6-13-9)4-5-10-7(11)2-3-8(10)12/h2-3H,4-6H2,1H3. The van der Waals surface area contributed by atoms with Crippen molar-refractivity contribution in [3.63, 3.8) is 0 Å². The topological polar surface area (TPSA) is 49.9 Å². The Morgan fingerprint density at radius 3 is 2.46 bits per heavy atom. The minimum absolute atomic E-state index is 0.0941. The smallest absolute Gasteiger partial charge is 0.253 e. The molecule has 1 fully saturated rings. The first-order chi connectivity index (χ1) is 6.11. The average molecular weight is 181 g/mol. The van der Waals surface area contributed by atoms with E-state index in [9.17, 15) is 9.59 Å². The van der Waals surface area contributed by atoms with Crippen LogP contribution in [0.3, 0.4) is 0 Å². The Hall–Kier alpha value is -1.16. The molecule has 2 amide bonds. The quantitative estimate of drug-likeness (QED) is 0.458. The Balaban J connectivity index is 1.88. The van der Waals surface area contributed by atoms with Gasteiger partial charge in [0, 0.05) is 18.7 Å². The average Bonchev–Trinajstić information content (AvgIpc) is 2.72. The zero-order valence-corrected chi connectivity index (χ0v) is 7.45. The fraction of sp³-hybridized carbons (Fsp3) is 0.556. The maximum atomic E-state index is 11.1. The molecule has 0 aliphatic carbocycles. The maximum Gasteiger partial charge on any atom is 0.253 e. The largest absolute Gasteiger partial charge is 0.370 e. The lowest BCUT2D eigenvalue weighted by molar-refractivity contribution is -0.136. The molecule has 0 aromatic heterocycles. The first-order valence-corrected chi connectivity index (χ1v) is 4.28. The highest BCUT2D eigenvalue weighted by atomic mass is 16.6. The summed E-state index contributed by atoms with van der Waals surface area (Å²) in [7, 11) is 0. The van der Waals surface area contributed by atoms with Crippen LogP contribution in [0, 0.1) is 0 Å². The van der Waals surface area contributed by atoms with Crippen LogP contribution in [-0.4, -0.2) is 35.5 Å². The van der Waals surface area contributed by atoms with E-state index >= 15 is 0 Å². The second-order valence-corrected chi connectivity index (χ2v) is 3.65. The number of ether oxygens (including phenoxy) is 1. The van der Waals surface area contributed by atoms with Gasteiger partial charge in [-0.1, -0.05) is 0 Å². The number of nitrogens with zero attached hydrogens (tertiary/aromatic N) is 1. The molecule has 0 spiro atoms. The highest BCUT2D eigenvalue weighted by molar-refractivity contribution is 6.12. The van der Waals surface area contributed by atoms with E-state index in [0.717, 1.165) is 13.0 Å². The summed E-state index contributed by atoms with van der Waals surface area (Å²) in [5, 5.41) is 0. The molecule has 2 heterocycles. The Kier molecular flexibility index (Phi) is 1.73. The van der Waals surface area contributed by atoms with E-state index in [4.69, 9.17) is 4.74 Å². The summed E-state index contributed by atoms with van der Waals surface area (Å²) in [6.07, 6.45) is 3.34. The monoisotopic (exact) mass is 181 g/mol. The Morgan fingerprint density at radius 2 is 2.00 bits per heavy atom. The van der Waals surface area contributed by atoms with Crippen molar-refractivity contribution < 1.29 is 14.3 Å². The molecule has 0 N–H and O–H groups in total. The van der Waals surface area contributed by atoms with Gasteiger partial charge in [0.2, 0.25) is 0 Å². The molecule has 0 aromatic carbocycles. The van der Waals surface area contributed by atoms with Gasteiger partial charge in [-0.2, -0.15) is 0 Å². The van der Waals surface area contributed by atoms with Crippen LogP contribution < -0.4 is 0 Å². The van der Waals surface area contributed by atoms with Gasteiger partial charge >= 0.3 is 0 Å². The number of hydrogen-bond acceptors (Lipinski definition) is 3. The van der Waals surface area contributed by atoms with Gasteiger partial charge in [-0.05, 0) is 13.3 Å². The van der Waals surface area contributed by atoms with E-state index in [0.29, 0.717) is 6.54 Å². The summed E-state index contributed by atoms with van der Waals surface area (Å²) < 4.78 is 5.16. The fourth-order valence-corrected chi connectivity index (χ4v) is 1.27. The summed E-state index contributed by atoms with van der Waals surface area (Å²) in [6.45, 7) is 3.17. The third-order valence-electron chi connectivity index (χ3n) is 2.40. The number of amides is 2. The summed E-state index contributed by atoms with van der Waals surface area (Å²) >= 11 is 0. The van der Waals surface area contributed by atoms with E-state index in [1.807, 2.05) is 6.92 Å². The van der Waals surface area contributed by atoms with Crippen molar-refractivity contribution in [1.82, 2.24) is 4.90 Å². The van der Waals surface area contributed by atoms with E-state index in [2.05, 4.69) is 0 Å². The molecule has 0 aromatic rings. The van der Waals surface area contributed by atoms with E-state index in [-0.39, 0.29) is 17.4 Å². The summed E-state index contributed by atoms with van der Waals surface area (Å²) in [5.74, 6) is -0.427. The number of rotatable bonds is 3. The molecular weight excluding hydrogens is 170 g/mol. The second kappa shape index (κ2) is 2.67. The van der Waals surface area contributed by atoms with Gasteiger partial charge in [-0.3, -0.25) is 14.5 Å². The van der Waals surface area contributed by atoms with Crippen LogP contribution in [0.25, 0.3) is 0 Å². The zero-order chi connectivity index (χ0) is 9.47. The minimum atomic E-state index is -0.214. The van der Waals surface area contributed by atoms with Crippen LogP contribution in [-0.2, 0) is 14.3 Å². The van der Waals surface area contributed by atoms with Crippen molar-refractivity contribution in [3.05, 3.63) is 12.2 Å². The molecule has 1 unspecified atom stereocenters. The third-order valence-corrected chi connectivity index (χ3v) is 2.40. The van der Waals surface area contributed by atoms with Crippen molar-refractivity contribution in [3.8, 4) is 0 Å². The first kappa shape index (κ1) is 8.44. The van der Waals surface area contributed by atoms with E-state index in [1.165, 1.54) is 17.1 Å². The van der Waals surface area contributed by atoms with Crippen molar-refractivity contribution in [2.45, 2.75) is 18.9 Å². The second-order valence-electron chi connectivity index (χ2n) is 3.65. The first-order valence-electron chi connectivity index (χ1n) is 4.28. The lowest BCUT2D eigenvalue weighted by atomic mass is 10.1. The zero-order valence-electron chi connectivity index (χ0n) is 7.45. The van der Waals surface area contributed by atoms with Crippen molar-refractivity contribution in [2.24, 2.45) is 0 Å². The SMILES string of the molecule is CC1(CCN2C(=O)C=CC2=O)CO1. The van der Waals surface area contributed by atoms with Gasteiger partial charge in [0.15, 0.2) is 0 Å². The molecule has 2 aliphatic rings. The van der Waals surface area contributed by atoms with Gasteiger partial charge in [0.05, 0.1) is 12.2 Å². The summed E-state index contributed by atoms with van der Waals surface area (Å²) in [5.41, 5.74) is -0.0941. The van der Waals surface area contributed by atoms with Crippen molar-refractivity contribution in [2.75, 3.05) is 13.2 Å². The van der Waals surface area contributed by atoms with Crippen LogP contribution >= 0.6 is 0 Å². The molecule has 13 heavy (non-hydrogen) atoms. The summed E-state index contributed by atoms with van der Waals surface area (Å²) in [4.78, 5) is 23.4. The van der Waals surface area contributed by atoms with Crippen LogP contribution in [0.1, 0.15) is 13.3 Å². The maximum absolute atomic E-state index is 11.1. The Morgan fingerprint density at radius 1 is 1.46 bits per heavy atom. The molecule has 0 saturated carbocycles. The van der Waals surface area contributed by atoms with Gasteiger partial charge in [0.1, 0.15) is 0 Å². The van der Waals surface area contributed by atoms with Crippen molar-refractivity contribution >= 4 is 11.8 Å². The Bertz CT molecular complexity index is 273. The number of imide groups is 1. The molecular formula is C9H11NO3. The van der Waals surface area contributed by atoms with Gasteiger partial charge in [0.25, 0.3) is 11.8 Å². The molecule has 1 atom stereocenters. The lowest BCUT2D eigenvalue weighted by Gasteiger charge is -2.14. The van der Waals surface area contributed by atoms with Gasteiger partial charge in [-0.15, -0.1) is 0 Å². The minimum Gasteiger partial charge on any atom is -0.370 e. The molecule has 0 radical (unpaired) electrons. The van der Waals surface area contributed by atoms with Crippen molar-refractivity contribution in [1.29, 1.82) is 0 Å². The fourth-order valence-electron chi connectivity index (χ4n) is 1.27. The number of epoxide rings is 1. The molecule has 2 aliphatic heterocycles. The lowest BCUT2D eigenvalue weighted by Crippen LogP contribution is -2.32. The van der Waals surface area contributed by atoms with Crippen LogP contribution in [0.4, 0.5) is 0 Å². The normalized spacial score (nSPS) is 31.6. The van der Waals surface area contributed by atoms with E-state index < -0.39 is 0 Å². The number of carbonyl (C=O) groups is 2. The highest BCUT2D eigenvalue weighted by Gasteiger charge is 2.40. The Labute approximate surface area is 76.2 Å². The molecule has 4 heteroatoms. The van der Waals surface area contributed by atoms with E-state index in [1.54, 1.807) is 0 Å². The molecule has 70 valence electrons. The molecule has 4 nitrogen and oxygen atoms in total. The third kappa shape index (κ3) is 1.62. The van der Waals surface area contributed by atoms with Gasteiger partial charge < -0.3 is 4.74 Å². The molecule has 1 saturated heterocycles. The van der Waals surface area contributed by atoms with Gasteiger partial charge in [-0.25, -0.2) is 0 Å². The molecule has 0 bridgehead atoms.